The van der Waals surface area contributed by atoms with Gasteiger partial charge in [-0.15, -0.1) is 0 Å². The van der Waals surface area contributed by atoms with Crippen LogP contribution in [0.4, 0.5) is 4.79 Å². The van der Waals surface area contributed by atoms with Crippen LogP contribution in [0.1, 0.15) is 30.0 Å². The molecule has 1 atom stereocenters. The molecule has 2 rings (SSSR count). The molecule has 128 valence electrons. The van der Waals surface area contributed by atoms with Crippen molar-refractivity contribution in [2.45, 2.75) is 25.4 Å². The fourth-order valence-corrected chi connectivity index (χ4v) is 2.44. The highest BCUT2D eigenvalue weighted by Gasteiger charge is 2.13. The number of benzene rings is 2. The van der Waals surface area contributed by atoms with E-state index in [1.165, 1.54) is 0 Å². The zero-order chi connectivity index (χ0) is 17.2. The highest BCUT2D eigenvalue weighted by Crippen LogP contribution is 2.18. The van der Waals surface area contributed by atoms with Crippen molar-refractivity contribution >= 4 is 6.03 Å². The first-order chi connectivity index (χ1) is 11.7. The number of nitrogens with one attached hydrogen (secondary N) is 2. The van der Waals surface area contributed by atoms with Crippen LogP contribution in [0.3, 0.4) is 0 Å². The van der Waals surface area contributed by atoms with Crippen molar-refractivity contribution in [3.63, 3.8) is 0 Å². The summed E-state index contributed by atoms with van der Waals surface area (Å²) in [5.41, 5.74) is 2.03. The van der Waals surface area contributed by atoms with Crippen molar-refractivity contribution in [1.29, 1.82) is 0 Å². The van der Waals surface area contributed by atoms with Gasteiger partial charge in [0, 0.05) is 13.2 Å². The molecule has 5 nitrogen and oxygen atoms in total. The van der Waals surface area contributed by atoms with E-state index in [2.05, 4.69) is 10.6 Å². The third-order valence-electron chi connectivity index (χ3n) is 3.77. The number of methoxy groups -OCH3 is 1. The SMILES string of the molecule is COc1ccc(CNC(=O)NC(CCCO)c2ccccc2)cc1. The third kappa shape index (κ3) is 5.59. The number of carbonyl (C=O) groups excluding carboxylic acids is 1. The Morgan fingerprint density at radius 2 is 1.83 bits per heavy atom. The lowest BCUT2D eigenvalue weighted by Crippen LogP contribution is -2.37. The molecule has 0 heterocycles. The summed E-state index contributed by atoms with van der Waals surface area (Å²) in [7, 11) is 1.62. The monoisotopic (exact) mass is 328 g/mol. The van der Waals surface area contributed by atoms with Gasteiger partial charge < -0.3 is 20.5 Å². The maximum atomic E-state index is 12.2. The maximum Gasteiger partial charge on any atom is 0.315 e. The van der Waals surface area contributed by atoms with Crippen molar-refractivity contribution in [2.24, 2.45) is 0 Å². The first-order valence-corrected chi connectivity index (χ1v) is 8.06. The summed E-state index contributed by atoms with van der Waals surface area (Å²) >= 11 is 0. The van der Waals surface area contributed by atoms with E-state index in [4.69, 9.17) is 9.84 Å². The average Bonchev–Trinajstić information content (AvgIpc) is 2.64. The van der Waals surface area contributed by atoms with Gasteiger partial charge in [0.1, 0.15) is 5.75 Å². The largest absolute Gasteiger partial charge is 0.497 e. The topological polar surface area (TPSA) is 70.6 Å². The van der Waals surface area contributed by atoms with Crippen molar-refractivity contribution in [2.75, 3.05) is 13.7 Å². The zero-order valence-corrected chi connectivity index (χ0v) is 13.9. The van der Waals surface area contributed by atoms with E-state index in [0.29, 0.717) is 19.4 Å². The second kappa shape index (κ2) is 9.57. The Labute approximate surface area is 142 Å². The lowest BCUT2D eigenvalue weighted by molar-refractivity contribution is 0.232. The molecule has 3 N–H and O–H groups in total. The molecule has 0 saturated heterocycles. The summed E-state index contributed by atoms with van der Waals surface area (Å²) < 4.78 is 5.11. The van der Waals surface area contributed by atoms with Gasteiger partial charge in [0.25, 0.3) is 0 Å². The molecule has 0 radical (unpaired) electrons. The van der Waals surface area contributed by atoms with Crippen molar-refractivity contribution < 1.29 is 14.6 Å². The minimum Gasteiger partial charge on any atom is -0.497 e. The molecule has 24 heavy (non-hydrogen) atoms. The second-order valence-corrected chi connectivity index (χ2v) is 5.50. The minimum atomic E-state index is -0.224. The molecule has 5 heteroatoms. The Hall–Kier alpha value is -2.53. The number of hydrogen-bond donors (Lipinski definition) is 3. The number of aliphatic hydroxyl groups excluding tert-OH is 1. The first-order valence-electron chi connectivity index (χ1n) is 8.06. The second-order valence-electron chi connectivity index (χ2n) is 5.50. The summed E-state index contributed by atoms with van der Waals surface area (Å²) in [6.07, 6.45) is 1.33. The molecule has 0 bridgehead atoms. The predicted octanol–water partition coefficient (Wildman–Crippen LogP) is 3.01. The molecule has 2 aromatic rings. The number of amides is 2. The standard InChI is InChI=1S/C19H24N2O3/c1-24-17-11-9-15(10-12-17)14-20-19(23)21-18(8-5-13-22)16-6-3-2-4-7-16/h2-4,6-7,9-12,18,22H,5,8,13-14H2,1H3,(H2,20,21,23). The average molecular weight is 328 g/mol. The lowest BCUT2D eigenvalue weighted by Gasteiger charge is -2.19. The smallest absolute Gasteiger partial charge is 0.315 e. The molecule has 0 aromatic heterocycles. The Morgan fingerprint density at radius 3 is 2.46 bits per heavy atom. The summed E-state index contributed by atoms with van der Waals surface area (Å²) in [6, 6.07) is 17.0. The minimum absolute atomic E-state index is 0.110. The van der Waals surface area contributed by atoms with Crippen LogP contribution < -0.4 is 15.4 Å². The first kappa shape index (κ1) is 17.8. The molecule has 0 fully saturated rings. The van der Waals surface area contributed by atoms with Gasteiger partial charge in [-0.05, 0) is 36.1 Å². The molecule has 2 amide bonds. The van der Waals surface area contributed by atoms with Gasteiger partial charge in [0.2, 0.25) is 0 Å². The number of hydrogen-bond acceptors (Lipinski definition) is 3. The third-order valence-corrected chi connectivity index (χ3v) is 3.77. The number of aliphatic hydroxyl groups is 1. The highest BCUT2D eigenvalue weighted by molar-refractivity contribution is 5.74. The number of rotatable bonds is 8. The van der Waals surface area contributed by atoms with E-state index in [0.717, 1.165) is 16.9 Å². The van der Waals surface area contributed by atoms with Gasteiger partial charge in [0.05, 0.1) is 13.2 Å². The zero-order valence-electron chi connectivity index (χ0n) is 13.9. The Bertz CT molecular complexity index is 614. The van der Waals surface area contributed by atoms with E-state index in [9.17, 15) is 4.79 Å². The number of carbonyl (C=O) groups is 1. The molecular weight excluding hydrogens is 304 g/mol. The molecule has 0 aliphatic heterocycles. The van der Waals surface area contributed by atoms with Crippen LogP contribution in [-0.4, -0.2) is 24.9 Å². The summed E-state index contributed by atoms with van der Waals surface area (Å²) in [6.45, 7) is 0.551. The van der Waals surface area contributed by atoms with Crippen LogP contribution in [0.25, 0.3) is 0 Å². The fourth-order valence-electron chi connectivity index (χ4n) is 2.44. The van der Waals surface area contributed by atoms with Gasteiger partial charge in [-0.2, -0.15) is 0 Å². The lowest BCUT2D eigenvalue weighted by atomic mass is 10.0. The fraction of sp³-hybridized carbons (Fsp3) is 0.316. The van der Waals surface area contributed by atoms with Crippen LogP contribution in [0, 0.1) is 0 Å². The summed E-state index contributed by atoms with van der Waals surface area (Å²) in [4.78, 5) is 12.2. The van der Waals surface area contributed by atoms with Crippen molar-refractivity contribution in [3.8, 4) is 5.75 Å². The van der Waals surface area contributed by atoms with E-state index >= 15 is 0 Å². The molecule has 1 unspecified atom stereocenters. The van der Waals surface area contributed by atoms with E-state index in [-0.39, 0.29) is 18.7 Å². The molecular formula is C19H24N2O3. The predicted molar refractivity (Wildman–Crippen MR) is 93.9 cm³/mol. The highest BCUT2D eigenvalue weighted by atomic mass is 16.5. The Morgan fingerprint density at radius 1 is 1.12 bits per heavy atom. The van der Waals surface area contributed by atoms with Crippen LogP contribution in [0.15, 0.2) is 54.6 Å². The van der Waals surface area contributed by atoms with Crippen LogP contribution in [-0.2, 0) is 6.54 Å². The Kier molecular flexibility index (Phi) is 7.11. The molecule has 2 aromatic carbocycles. The molecule has 0 saturated carbocycles. The van der Waals surface area contributed by atoms with Gasteiger partial charge in [-0.1, -0.05) is 42.5 Å². The number of ether oxygens (including phenoxy) is 1. The van der Waals surface area contributed by atoms with Crippen LogP contribution in [0.5, 0.6) is 5.75 Å². The van der Waals surface area contributed by atoms with Crippen LogP contribution >= 0.6 is 0 Å². The van der Waals surface area contributed by atoms with Gasteiger partial charge in [-0.3, -0.25) is 0 Å². The summed E-state index contributed by atoms with van der Waals surface area (Å²) in [5.74, 6) is 0.788. The van der Waals surface area contributed by atoms with Gasteiger partial charge in [0.15, 0.2) is 0 Å². The molecule has 0 aliphatic carbocycles. The van der Waals surface area contributed by atoms with E-state index < -0.39 is 0 Å². The Balaban J connectivity index is 1.89. The van der Waals surface area contributed by atoms with Gasteiger partial charge in [-0.25, -0.2) is 4.79 Å². The van der Waals surface area contributed by atoms with Crippen molar-refractivity contribution in [3.05, 3.63) is 65.7 Å². The van der Waals surface area contributed by atoms with Gasteiger partial charge >= 0.3 is 6.03 Å². The maximum absolute atomic E-state index is 12.2. The van der Waals surface area contributed by atoms with E-state index in [1.807, 2.05) is 54.6 Å². The molecule has 0 spiro atoms. The van der Waals surface area contributed by atoms with Crippen molar-refractivity contribution in [1.82, 2.24) is 10.6 Å². The quantitative estimate of drug-likeness (QED) is 0.697. The van der Waals surface area contributed by atoms with E-state index in [1.54, 1.807) is 7.11 Å². The normalized spacial score (nSPS) is 11.6. The van der Waals surface area contributed by atoms with Crippen LogP contribution in [0.2, 0.25) is 0 Å². The number of urea groups is 1. The summed E-state index contributed by atoms with van der Waals surface area (Å²) in [5, 5.41) is 14.9. The molecule has 0 aliphatic rings.